The van der Waals surface area contributed by atoms with E-state index in [1.165, 1.54) is 0 Å². The predicted octanol–water partition coefficient (Wildman–Crippen LogP) is 2.43. The summed E-state index contributed by atoms with van der Waals surface area (Å²) in [4.78, 5) is 15.0. The van der Waals surface area contributed by atoms with Crippen molar-refractivity contribution in [2.75, 3.05) is 26.2 Å². The summed E-state index contributed by atoms with van der Waals surface area (Å²) in [7, 11) is 0. The molecule has 1 rings (SSSR count). The number of rotatable bonds is 10. The Balaban J connectivity index is 2.92. The highest BCUT2D eigenvalue weighted by atomic mass is 16.5. The normalized spacial score (nSPS) is 18.4. The van der Waals surface area contributed by atoms with Crippen LogP contribution in [0.1, 0.15) is 53.9 Å². The molecule has 0 radical (unpaired) electrons. The fourth-order valence-electron chi connectivity index (χ4n) is 2.95. The van der Waals surface area contributed by atoms with E-state index in [4.69, 9.17) is 4.74 Å². The highest BCUT2D eigenvalue weighted by molar-refractivity contribution is 5.82. The third kappa shape index (κ3) is 4.45. The number of esters is 1. The summed E-state index contributed by atoms with van der Waals surface area (Å²) in [5, 5.41) is 3.55. The molecular weight excluding hydrogens is 252 g/mol. The van der Waals surface area contributed by atoms with Crippen LogP contribution in [0.3, 0.4) is 0 Å². The van der Waals surface area contributed by atoms with Gasteiger partial charge < -0.3 is 9.64 Å². The van der Waals surface area contributed by atoms with Crippen LogP contribution < -0.4 is 5.32 Å². The predicted molar refractivity (Wildman–Crippen MR) is 82.8 cm³/mol. The summed E-state index contributed by atoms with van der Waals surface area (Å²) in [5.41, 5.74) is -0.518. The van der Waals surface area contributed by atoms with Crippen LogP contribution in [-0.2, 0) is 9.53 Å². The van der Waals surface area contributed by atoms with Gasteiger partial charge in [0.25, 0.3) is 0 Å². The van der Waals surface area contributed by atoms with E-state index in [1.807, 2.05) is 6.92 Å². The number of ether oxygens (including phenoxy) is 1. The lowest BCUT2D eigenvalue weighted by molar-refractivity contribution is -0.153. The molecule has 0 bridgehead atoms. The fraction of sp³-hybridized carbons (Fsp3) is 0.938. The maximum absolute atomic E-state index is 12.6. The molecule has 1 atom stereocenters. The molecule has 20 heavy (non-hydrogen) atoms. The van der Waals surface area contributed by atoms with E-state index in [9.17, 15) is 4.79 Å². The van der Waals surface area contributed by atoms with Gasteiger partial charge in [0.05, 0.1) is 6.61 Å². The van der Waals surface area contributed by atoms with Gasteiger partial charge >= 0.3 is 5.97 Å². The van der Waals surface area contributed by atoms with E-state index in [1.54, 1.807) is 0 Å². The van der Waals surface area contributed by atoms with Crippen molar-refractivity contribution in [2.24, 2.45) is 5.92 Å². The number of nitrogens with zero attached hydrogens (tertiary/aromatic N) is 1. The summed E-state index contributed by atoms with van der Waals surface area (Å²) in [5.74, 6) is 0.362. The van der Waals surface area contributed by atoms with Gasteiger partial charge in [-0.05, 0) is 59.0 Å². The molecule has 0 heterocycles. The molecule has 0 aromatic heterocycles. The minimum atomic E-state index is -0.518. The van der Waals surface area contributed by atoms with Gasteiger partial charge in [0.2, 0.25) is 0 Å². The van der Waals surface area contributed by atoms with Crippen molar-refractivity contribution in [3.63, 3.8) is 0 Å². The molecule has 1 aliphatic rings. The summed E-state index contributed by atoms with van der Waals surface area (Å²) in [6, 6.07) is 0.278. The van der Waals surface area contributed by atoms with E-state index in [-0.39, 0.29) is 12.0 Å². The molecule has 4 nitrogen and oxygen atoms in total. The van der Waals surface area contributed by atoms with Gasteiger partial charge in [-0.2, -0.15) is 0 Å². The van der Waals surface area contributed by atoms with Gasteiger partial charge in [-0.1, -0.05) is 13.8 Å². The van der Waals surface area contributed by atoms with Gasteiger partial charge in [0.15, 0.2) is 0 Å². The smallest absolute Gasteiger partial charge is 0.327 e. The van der Waals surface area contributed by atoms with Crippen LogP contribution in [0.5, 0.6) is 0 Å². The Morgan fingerprint density at radius 2 is 2.00 bits per heavy atom. The van der Waals surface area contributed by atoms with Crippen LogP contribution in [-0.4, -0.2) is 48.7 Å². The molecule has 1 unspecified atom stereocenters. The third-order valence-corrected chi connectivity index (χ3v) is 3.92. The Hall–Kier alpha value is -0.610. The van der Waals surface area contributed by atoms with Crippen molar-refractivity contribution in [2.45, 2.75) is 65.5 Å². The third-order valence-electron chi connectivity index (χ3n) is 3.92. The Bertz CT molecular complexity index is 303. The van der Waals surface area contributed by atoms with Crippen molar-refractivity contribution in [1.82, 2.24) is 10.2 Å². The first-order valence-corrected chi connectivity index (χ1v) is 8.17. The molecule has 0 amide bonds. The molecule has 0 aliphatic heterocycles. The van der Waals surface area contributed by atoms with Gasteiger partial charge in [0, 0.05) is 12.6 Å². The molecule has 0 aromatic carbocycles. The average molecular weight is 284 g/mol. The van der Waals surface area contributed by atoms with Crippen molar-refractivity contribution in [3.05, 3.63) is 0 Å². The van der Waals surface area contributed by atoms with Crippen LogP contribution in [0.15, 0.2) is 0 Å². The Kier molecular flexibility index (Phi) is 6.96. The highest BCUT2D eigenvalue weighted by Gasteiger charge is 2.52. The second-order valence-corrected chi connectivity index (χ2v) is 6.13. The first-order valence-electron chi connectivity index (χ1n) is 8.17. The number of hydrogen-bond donors (Lipinski definition) is 1. The zero-order valence-corrected chi connectivity index (χ0v) is 13.9. The number of nitrogens with one attached hydrogen (secondary N) is 1. The van der Waals surface area contributed by atoms with E-state index in [0.717, 1.165) is 38.9 Å². The van der Waals surface area contributed by atoms with E-state index in [2.05, 4.69) is 37.9 Å². The first kappa shape index (κ1) is 17.4. The highest BCUT2D eigenvalue weighted by Crippen LogP contribution is 2.41. The van der Waals surface area contributed by atoms with Crippen molar-refractivity contribution in [1.29, 1.82) is 0 Å². The van der Waals surface area contributed by atoms with E-state index in [0.29, 0.717) is 12.5 Å². The Morgan fingerprint density at radius 1 is 1.35 bits per heavy atom. The molecule has 0 aromatic rings. The lowest BCUT2D eigenvalue weighted by Gasteiger charge is -2.38. The standard InChI is InChI=1S/C16H32N2O2/c1-6-11-18(7-2)12-16(14-9-10-14,17-13(4)5)15(19)20-8-3/h13-14,17H,6-12H2,1-5H3. The largest absolute Gasteiger partial charge is 0.465 e. The number of carbonyl (C=O) groups is 1. The summed E-state index contributed by atoms with van der Waals surface area (Å²) in [6.45, 7) is 13.7. The lowest BCUT2D eigenvalue weighted by Crippen LogP contribution is -2.63. The molecule has 1 saturated carbocycles. The maximum Gasteiger partial charge on any atom is 0.327 e. The SMILES string of the molecule is CCCN(CC)CC(NC(C)C)(C(=O)OCC)C1CC1. The van der Waals surface area contributed by atoms with Gasteiger partial charge in [-0.15, -0.1) is 0 Å². The zero-order valence-electron chi connectivity index (χ0n) is 13.9. The van der Waals surface area contributed by atoms with Gasteiger partial charge in [-0.25, -0.2) is 4.79 Å². The molecule has 0 spiro atoms. The minimum Gasteiger partial charge on any atom is -0.465 e. The number of carbonyl (C=O) groups excluding carboxylic acids is 1. The zero-order chi connectivity index (χ0) is 15.2. The van der Waals surface area contributed by atoms with Crippen LogP contribution >= 0.6 is 0 Å². The minimum absolute atomic E-state index is 0.0641. The van der Waals surface area contributed by atoms with E-state index < -0.39 is 5.54 Å². The van der Waals surface area contributed by atoms with Crippen LogP contribution in [0.25, 0.3) is 0 Å². The molecule has 118 valence electrons. The molecular formula is C16H32N2O2. The van der Waals surface area contributed by atoms with Gasteiger partial charge in [-0.3, -0.25) is 5.32 Å². The average Bonchev–Trinajstić information content (AvgIpc) is 3.21. The summed E-state index contributed by atoms with van der Waals surface area (Å²) >= 11 is 0. The van der Waals surface area contributed by atoms with Crippen LogP contribution in [0.2, 0.25) is 0 Å². The molecule has 1 aliphatic carbocycles. The van der Waals surface area contributed by atoms with Crippen molar-refractivity contribution in [3.8, 4) is 0 Å². The number of likely N-dealkylation sites (N-methyl/N-ethyl adjacent to an activating group) is 1. The fourth-order valence-corrected chi connectivity index (χ4v) is 2.95. The topological polar surface area (TPSA) is 41.6 Å². The van der Waals surface area contributed by atoms with Crippen LogP contribution in [0, 0.1) is 5.92 Å². The first-order chi connectivity index (χ1) is 9.50. The number of hydrogen-bond acceptors (Lipinski definition) is 4. The molecule has 0 saturated heterocycles. The van der Waals surface area contributed by atoms with Crippen molar-refractivity contribution < 1.29 is 9.53 Å². The Labute approximate surface area is 124 Å². The maximum atomic E-state index is 12.6. The molecule has 1 fully saturated rings. The Morgan fingerprint density at radius 3 is 2.40 bits per heavy atom. The second kappa shape index (κ2) is 7.99. The molecule has 4 heteroatoms. The lowest BCUT2D eigenvalue weighted by atomic mass is 9.91. The van der Waals surface area contributed by atoms with E-state index >= 15 is 0 Å². The van der Waals surface area contributed by atoms with Gasteiger partial charge in [0.1, 0.15) is 5.54 Å². The summed E-state index contributed by atoms with van der Waals surface area (Å²) in [6.07, 6.45) is 3.36. The van der Waals surface area contributed by atoms with Crippen LogP contribution in [0.4, 0.5) is 0 Å². The second-order valence-electron chi connectivity index (χ2n) is 6.13. The summed E-state index contributed by atoms with van der Waals surface area (Å²) < 4.78 is 5.41. The molecule has 1 N–H and O–H groups in total. The van der Waals surface area contributed by atoms with Crippen molar-refractivity contribution >= 4 is 5.97 Å². The quantitative estimate of drug-likeness (QED) is 0.626. The monoisotopic (exact) mass is 284 g/mol.